The molecule has 0 spiro atoms. The van der Waals surface area contributed by atoms with Crippen molar-refractivity contribution in [3.05, 3.63) is 164 Å². The van der Waals surface area contributed by atoms with Crippen LogP contribution in [0.4, 0.5) is 65.9 Å². The van der Waals surface area contributed by atoms with Crippen LogP contribution < -0.4 is 0 Å². The van der Waals surface area contributed by atoms with Gasteiger partial charge in [-0.25, -0.2) is 75.8 Å². The Balaban J connectivity index is 1.56. The van der Waals surface area contributed by atoms with Crippen LogP contribution in [0.2, 0.25) is 0 Å². The van der Waals surface area contributed by atoms with Gasteiger partial charge in [-0.1, -0.05) is 29.8 Å². The summed E-state index contributed by atoms with van der Waals surface area (Å²) >= 11 is 0. The number of halogens is 15. The molecule has 5 heterocycles. The van der Waals surface area contributed by atoms with E-state index in [2.05, 4.69) is 19.9 Å². The fourth-order valence-corrected chi connectivity index (χ4v) is 7.49. The van der Waals surface area contributed by atoms with Crippen molar-refractivity contribution in [1.82, 2.24) is 19.9 Å². The molecule has 0 radical (unpaired) electrons. The minimum absolute atomic E-state index is 0.0302. The molecule has 4 aromatic carbocycles. The van der Waals surface area contributed by atoms with Gasteiger partial charge in [0, 0.05) is 44.3 Å². The predicted octanol–water partition coefficient (Wildman–Crippen LogP) is 13.7. The lowest BCUT2D eigenvalue weighted by atomic mass is 10.0. The van der Waals surface area contributed by atoms with Crippen LogP contribution in [-0.2, 0) is 0 Å². The molecule has 0 fully saturated rings. The fourth-order valence-electron chi connectivity index (χ4n) is 7.49. The lowest BCUT2D eigenvalue weighted by molar-refractivity contribution is 0.381. The number of aromatic nitrogens is 4. The minimum atomic E-state index is -2.61. The number of aryl methyl sites for hydroxylation is 1. The van der Waals surface area contributed by atoms with E-state index in [9.17, 15) is 39.5 Å². The second-order valence-electron chi connectivity index (χ2n) is 14.2. The lowest BCUT2D eigenvalue weighted by Gasteiger charge is -2.11. The van der Waals surface area contributed by atoms with E-state index < -0.39 is 154 Å². The van der Waals surface area contributed by atoms with E-state index in [0.29, 0.717) is 5.56 Å². The number of hydrogen-bond acceptors (Lipinski definition) is 2. The molecular weight excluding hydrogens is 881 g/mol. The zero-order chi connectivity index (χ0) is 45.8. The number of fused-ring (bicyclic) bond motifs is 8. The largest absolute Gasteiger partial charge is 0.354 e. The molecule has 0 aliphatic carbocycles. The number of benzene rings is 4. The summed E-state index contributed by atoms with van der Waals surface area (Å²) in [6.45, 7) is 1.73. The fraction of sp³-hybridized carbons (Fsp3) is 0.0222. The van der Waals surface area contributed by atoms with E-state index >= 15 is 26.3 Å². The zero-order valence-electron chi connectivity index (χ0n) is 31.5. The Morgan fingerprint density at radius 1 is 0.281 bits per heavy atom. The molecule has 0 amide bonds. The van der Waals surface area contributed by atoms with E-state index in [0.717, 1.165) is 42.0 Å². The number of rotatable bonds is 4. The van der Waals surface area contributed by atoms with Crippen molar-refractivity contribution in [2.75, 3.05) is 0 Å². The number of H-pyrrole nitrogens is 2. The van der Waals surface area contributed by atoms with Crippen molar-refractivity contribution in [3.8, 4) is 44.5 Å². The third-order valence-electron chi connectivity index (χ3n) is 10.5. The van der Waals surface area contributed by atoms with Gasteiger partial charge in [0.05, 0.1) is 39.5 Å². The second kappa shape index (κ2) is 15.1. The normalized spacial score (nSPS) is 12.2. The van der Waals surface area contributed by atoms with E-state index in [1.54, 1.807) is 31.2 Å². The molecule has 7 aromatic rings. The summed E-state index contributed by atoms with van der Waals surface area (Å²) in [6.07, 6.45) is 3.95. The highest BCUT2D eigenvalue weighted by atomic mass is 19.2. The van der Waals surface area contributed by atoms with Crippen LogP contribution in [-0.4, -0.2) is 19.9 Å². The monoisotopic (exact) mass is 898 g/mol. The molecule has 0 atom stereocenters. The standard InChI is InChI=1S/C45H17F15N4/c1-14-2-4-15(5-3-14)24-16-6-8-18(61-16)25(28-31(46)37(52)43(58)38(53)32(28)47)20-10-12-22(63-20)27(30-35(50)41(56)45(60)42(57)36(30)51)23-13-11-21(64-23)26(19-9-7-17(24)62-19)29-33(48)39(54)44(59)40(55)34(29)49/h2-13,61,64H,1H3. The molecule has 8 bridgehead atoms. The predicted molar refractivity (Wildman–Crippen MR) is 205 cm³/mol. The zero-order valence-corrected chi connectivity index (χ0v) is 31.5. The van der Waals surface area contributed by atoms with Crippen LogP contribution in [0, 0.1) is 94.2 Å². The Morgan fingerprint density at radius 2 is 0.516 bits per heavy atom. The summed E-state index contributed by atoms with van der Waals surface area (Å²) in [5.41, 5.74) is -10.5. The summed E-state index contributed by atoms with van der Waals surface area (Å²) in [5.74, 6) is -36.6. The first-order chi connectivity index (χ1) is 30.4. The highest BCUT2D eigenvalue weighted by Gasteiger charge is 2.33. The molecule has 2 aliphatic rings. The van der Waals surface area contributed by atoms with Crippen LogP contribution in [0.1, 0.15) is 28.3 Å². The maximum absolute atomic E-state index is 15.8. The molecule has 4 nitrogen and oxygen atoms in total. The van der Waals surface area contributed by atoms with Crippen LogP contribution in [0.15, 0.2) is 48.5 Å². The van der Waals surface area contributed by atoms with Gasteiger partial charge in [-0.3, -0.25) is 0 Å². The first-order valence-corrected chi connectivity index (χ1v) is 18.2. The minimum Gasteiger partial charge on any atom is -0.354 e. The molecule has 3 aromatic heterocycles. The quantitative estimate of drug-likeness (QED) is 0.105. The van der Waals surface area contributed by atoms with Crippen molar-refractivity contribution in [2.45, 2.75) is 6.92 Å². The summed E-state index contributed by atoms with van der Waals surface area (Å²) in [5, 5.41) is 0. The molecular formula is C45H17F15N4. The Hall–Kier alpha value is -7.57. The number of hydrogen-bond donors (Lipinski definition) is 2. The summed E-state index contributed by atoms with van der Waals surface area (Å²) in [4.78, 5) is 13.9. The SMILES string of the molecule is Cc1ccc(-c2c3nc(c(-c4c(F)c(F)c(F)c(F)c4F)c4ccc([nH]4)c(-c4c(F)c(F)c(F)c(F)c4F)c4nc(c(-c5c(F)c(F)c(F)c(F)c5F)c5ccc2[nH]5)C=C4)C=C3)cc1. The van der Waals surface area contributed by atoms with Crippen molar-refractivity contribution in [2.24, 2.45) is 0 Å². The Bertz CT molecular complexity index is 3300. The van der Waals surface area contributed by atoms with Crippen LogP contribution in [0.25, 0.3) is 90.9 Å². The van der Waals surface area contributed by atoms with Gasteiger partial charge in [0.15, 0.2) is 69.8 Å². The van der Waals surface area contributed by atoms with Gasteiger partial charge in [-0.15, -0.1) is 0 Å². The number of nitrogens with one attached hydrogen (secondary N) is 2. The van der Waals surface area contributed by atoms with Crippen LogP contribution in [0.5, 0.6) is 0 Å². The van der Waals surface area contributed by atoms with Gasteiger partial charge in [0.1, 0.15) is 0 Å². The molecule has 9 rings (SSSR count). The second-order valence-corrected chi connectivity index (χ2v) is 14.2. The van der Waals surface area contributed by atoms with Crippen LogP contribution in [0.3, 0.4) is 0 Å². The van der Waals surface area contributed by atoms with E-state index in [1.165, 1.54) is 12.1 Å². The van der Waals surface area contributed by atoms with Gasteiger partial charge in [0.25, 0.3) is 0 Å². The van der Waals surface area contributed by atoms with Gasteiger partial charge in [-0.05, 0) is 61.1 Å². The van der Waals surface area contributed by atoms with E-state index in [-0.39, 0.29) is 16.8 Å². The van der Waals surface area contributed by atoms with Gasteiger partial charge in [-0.2, -0.15) is 0 Å². The highest BCUT2D eigenvalue weighted by molar-refractivity contribution is 6.00. The summed E-state index contributed by atoms with van der Waals surface area (Å²) in [7, 11) is 0. The Morgan fingerprint density at radius 3 is 0.797 bits per heavy atom. The lowest BCUT2D eigenvalue weighted by Crippen LogP contribution is -2.06. The van der Waals surface area contributed by atoms with Gasteiger partial charge < -0.3 is 9.97 Å². The molecule has 0 saturated carbocycles. The maximum atomic E-state index is 15.8. The van der Waals surface area contributed by atoms with Gasteiger partial charge in [0.2, 0.25) is 17.5 Å². The highest BCUT2D eigenvalue weighted by Crippen LogP contribution is 2.43. The van der Waals surface area contributed by atoms with Crippen molar-refractivity contribution in [3.63, 3.8) is 0 Å². The van der Waals surface area contributed by atoms with Crippen molar-refractivity contribution < 1.29 is 65.9 Å². The van der Waals surface area contributed by atoms with Crippen molar-refractivity contribution in [1.29, 1.82) is 0 Å². The Kier molecular flexibility index (Phi) is 9.83. The first-order valence-electron chi connectivity index (χ1n) is 18.2. The summed E-state index contributed by atoms with van der Waals surface area (Å²) in [6, 6.07) is 10.5. The third kappa shape index (κ3) is 6.19. The van der Waals surface area contributed by atoms with E-state index in [4.69, 9.17) is 0 Å². The average Bonchev–Trinajstić information content (AvgIpc) is 4.14. The molecule has 0 saturated heterocycles. The molecule has 322 valence electrons. The topological polar surface area (TPSA) is 57.4 Å². The molecule has 0 unspecified atom stereocenters. The number of aromatic amines is 2. The molecule has 2 aliphatic heterocycles. The molecule has 2 N–H and O–H groups in total. The third-order valence-corrected chi connectivity index (χ3v) is 10.5. The average molecular weight is 899 g/mol. The number of nitrogens with zero attached hydrogens (tertiary/aromatic N) is 2. The van der Waals surface area contributed by atoms with Gasteiger partial charge >= 0.3 is 0 Å². The van der Waals surface area contributed by atoms with Crippen LogP contribution >= 0.6 is 0 Å². The molecule has 64 heavy (non-hydrogen) atoms. The Labute approximate surface area is 347 Å². The molecule has 19 heteroatoms. The smallest absolute Gasteiger partial charge is 0.200 e. The van der Waals surface area contributed by atoms with Crippen molar-refractivity contribution >= 4 is 46.4 Å². The first kappa shape index (κ1) is 41.8. The van der Waals surface area contributed by atoms with E-state index in [1.807, 2.05) is 0 Å². The summed E-state index contributed by atoms with van der Waals surface area (Å²) < 4.78 is 227. The maximum Gasteiger partial charge on any atom is 0.200 e.